The van der Waals surface area contributed by atoms with Crippen molar-refractivity contribution >= 4 is 11.9 Å². The molecule has 0 spiro atoms. The molecule has 0 radical (unpaired) electrons. The lowest BCUT2D eigenvalue weighted by Gasteiger charge is -2.43. The molecule has 1 amide bonds. The number of carbonyl (C=O) groups is 2. The minimum Gasteiger partial charge on any atom is -0.465 e. The Morgan fingerprint density at radius 2 is 1.96 bits per heavy atom. The lowest BCUT2D eigenvalue weighted by atomic mass is 10.0. The van der Waals surface area contributed by atoms with Gasteiger partial charge in [0, 0.05) is 37.3 Å². The number of benzene rings is 1. The molecule has 1 aliphatic rings. The van der Waals surface area contributed by atoms with E-state index in [2.05, 4.69) is 25.7 Å². The van der Waals surface area contributed by atoms with Gasteiger partial charge in [0.15, 0.2) is 0 Å². The van der Waals surface area contributed by atoms with E-state index in [0.717, 1.165) is 26.1 Å². The van der Waals surface area contributed by atoms with E-state index in [-0.39, 0.29) is 5.91 Å². The summed E-state index contributed by atoms with van der Waals surface area (Å²) in [5.41, 5.74) is 0.951. The highest BCUT2D eigenvalue weighted by Crippen LogP contribution is 2.18. The molecule has 0 N–H and O–H groups in total. The Hall–Kier alpha value is -1.88. The maximum Gasteiger partial charge on any atom is 0.337 e. The van der Waals surface area contributed by atoms with Gasteiger partial charge in [-0.2, -0.15) is 0 Å². The van der Waals surface area contributed by atoms with Crippen LogP contribution < -0.4 is 0 Å². The predicted molar refractivity (Wildman–Crippen MR) is 89.6 cm³/mol. The summed E-state index contributed by atoms with van der Waals surface area (Å²) in [6.07, 6.45) is 1.02. The summed E-state index contributed by atoms with van der Waals surface area (Å²) < 4.78 is 4.72. The largest absolute Gasteiger partial charge is 0.465 e. The molecule has 0 aliphatic carbocycles. The number of ether oxygens (including phenoxy) is 1. The number of hydrogen-bond acceptors (Lipinski definition) is 4. The Kier molecular flexibility index (Phi) is 5.77. The molecular formula is C18H26N2O3. The van der Waals surface area contributed by atoms with Crippen LogP contribution in [0.2, 0.25) is 0 Å². The van der Waals surface area contributed by atoms with Gasteiger partial charge in [0.05, 0.1) is 12.7 Å². The van der Waals surface area contributed by atoms with Crippen molar-refractivity contribution in [3.63, 3.8) is 0 Å². The van der Waals surface area contributed by atoms with Gasteiger partial charge in [-0.05, 0) is 38.5 Å². The quantitative estimate of drug-likeness (QED) is 0.800. The van der Waals surface area contributed by atoms with Crippen LogP contribution in [0.4, 0.5) is 0 Å². The van der Waals surface area contributed by atoms with E-state index in [4.69, 9.17) is 4.74 Å². The van der Waals surface area contributed by atoms with Gasteiger partial charge < -0.3 is 9.64 Å². The lowest BCUT2D eigenvalue weighted by Crippen LogP contribution is -2.56. The van der Waals surface area contributed by atoms with Crippen LogP contribution >= 0.6 is 0 Å². The smallest absolute Gasteiger partial charge is 0.337 e. The summed E-state index contributed by atoms with van der Waals surface area (Å²) in [5, 5.41) is 0. The van der Waals surface area contributed by atoms with Crippen LogP contribution in [0.15, 0.2) is 24.3 Å². The molecule has 126 valence electrons. The fourth-order valence-electron chi connectivity index (χ4n) is 3.18. The number of methoxy groups -OCH3 is 1. The molecule has 1 atom stereocenters. The second-order valence-corrected chi connectivity index (χ2v) is 6.22. The summed E-state index contributed by atoms with van der Waals surface area (Å²) >= 11 is 0. The number of carbonyl (C=O) groups excluding carboxylic acids is 2. The Bertz CT molecular complexity index is 571. The van der Waals surface area contributed by atoms with Crippen molar-refractivity contribution in [2.24, 2.45) is 0 Å². The van der Waals surface area contributed by atoms with Gasteiger partial charge >= 0.3 is 5.97 Å². The molecule has 1 fully saturated rings. The lowest BCUT2D eigenvalue weighted by molar-refractivity contribution is 0.0371. The highest BCUT2D eigenvalue weighted by atomic mass is 16.5. The van der Waals surface area contributed by atoms with E-state index in [1.807, 2.05) is 4.90 Å². The van der Waals surface area contributed by atoms with E-state index in [9.17, 15) is 9.59 Å². The molecule has 2 rings (SSSR count). The average Bonchev–Trinajstić information content (AvgIpc) is 2.59. The van der Waals surface area contributed by atoms with Crippen LogP contribution in [0, 0.1) is 0 Å². The van der Waals surface area contributed by atoms with Crippen LogP contribution in [0.25, 0.3) is 0 Å². The zero-order valence-corrected chi connectivity index (χ0v) is 14.4. The Labute approximate surface area is 138 Å². The van der Waals surface area contributed by atoms with Gasteiger partial charge in [-0.1, -0.05) is 13.0 Å². The Morgan fingerprint density at radius 1 is 1.26 bits per heavy atom. The van der Waals surface area contributed by atoms with E-state index in [1.54, 1.807) is 24.3 Å². The molecule has 0 saturated carbocycles. The number of nitrogens with zero attached hydrogens (tertiary/aromatic N) is 2. The van der Waals surface area contributed by atoms with E-state index in [0.29, 0.717) is 23.2 Å². The molecule has 1 unspecified atom stereocenters. The molecule has 0 bridgehead atoms. The number of piperazine rings is 1. The van der Waals surface area contributed by atoms with Crippen molar-refractivity contribution in [1.29, 1.82) is 0 Å². The van der Waals surface area contributed by atoms with E-state index < -0.39 is 5.97 Å². The minimum atomic E-state index is -0.421. The second-order valence-electron chi connectivity index (χ2n) is 6.22. The minimum absolute atomic E-state index is 0.0161. The van der Waals surface area contributed by atoms with Crippen molar-refractivity contribution in [3.8, 4) is 0 Å². The topological polar surface area (TPSA) is 49.9 Å². The molecule has 5 nitrogen and oxygen atoms in total. The molecule has 1 heterocycles. The van der Waals surface area contributed by atoms with E-state index in [1.165, 1.54) is 7.11 Å². The van der Waals surface area contributed by atoms with Gasteiger partial charge in [-0.25, -0.2) is 4.79 Å². The molecule has 23 heavy (non-hydrogen) atoms. The summed E-state index contributed by atoms with van der Waals surface area (Å²) in [6, 6.07) is 7.63. The average molecular weight is 318 g/mol. The number of rotatable bonds is 4. The van der Waals surface area contributed by atoms with Crippen molar-refractivity contribution < 1.29 is 14.3 Å². The maximum atomic E-state index is 12.8. The van der Waals surface area contributed by atoms with Crippen molar-refractivity contribution in [2.75, 3.05) is 26.7 Å². The maximum absolute atomic E-state index is 12.8. The first-order valence-corrected chi connectivity index (χ1v) is 8.21. The molecule has 0 aromatic heterocycles. The molecule has 1 aromatic carbocycles. The van der Waals surface area contributed by atoms with Crippen molar-refractivity contribution in [2.45, 2.75) is 39.3 Å². The van der Waals surface area contributed by atoms with Crippen LogP contribution in [0.1, 0.15) is 47.9 Å². The molecule has 1 saturated heterocycles. The number of esters is 1. The highest BCUT2D eigenvalue weighted by Gasteiger charge is 2.30. The van der Waals surface area contributed by atoms with Crippen molar-refractivity contribution in [3.05, 3.63) is 35.4 Å². The normalized spacial score (nSPS) is 19.0. The third-order valence-corrected chi connectivity index (χ3v) is 4.48. The van der Waals surface area contributed by atoms with Gasteiger partial charge in [-0.15, -0.1) is 0 Å². The first-order chi connectivity index (χ1) is 11.0. The summed E-state index contributed by atoms with van der Waals surface area (Å²) in [4.78, 5) is 28.7. The highest BCUT2D eigenvalue weighted by molar-refractivity contribution is 5.98. The fraction of sp³-hybridized carbons (Fsp3) is 0.556. The molecule has 5 heteroatoms. The van der Waals surface area contributed by atoms with E-state index >= 15 is 0 Å². The third-order valence-electron chi connectivity index (χ3n) is 4.48. The van der Waals surface area contributed by atoms with Gasteiger partial charge in [0.1, 0.15) is 0 Å². The molecule has 1 aliphatic heterocycles. The summed E-state index contributed by atoms with van der Waals surface area (Å²) in [5.74, 6) is -0.437. The number of hydrogen-bond donors (Lipinski definition) is 0. The van der Waals surface area contributed by atoms with Crippen molar-refractivity contribution in [1.82, 2.24) is 9.80 Å². The summed E-state index contributed by atoms with van der Waals surface area (Å²) in [6.45, 7) is 8.89. The Balaban J connectivity index is 2.13. The fourth-order valence-corrected chi connectivity index (χ4v) is 3.18. The van der Waals surface area contributed by atoms with Gasteiger partial charge in [0.25, 0.3) is 5.91 Å². The van der Waals surface area contributed by atoms with Gasteiger partial charge in [-0.3, -0.25) is 9.69 Å². The van der Waals surface area contributed by atoms with Crippen LogP contribution in [-0.4, -0.2) is 60.5 Å². The number of amides is 1. The monoisotopic (exact) mass is 318 g/mol. The molecule has 1 aromatic rings. The Morgan fingerprint density at radius 3 is 2.57 bits per heavy atom. The van der Waals surface area contributed by atoms with Crippen LogP contribution in [0.3, 0.4) is 0 Å². The first-order valence-electron chi connectivity index (χ1n) is 8.21. The zero-order chi connectivity index (χ0) is 17.0. The third kappa shape index (κ3) is 3.91. The van der Waals surface area contributed by atoms with Crippen LogP contribution in [-0.2, 0) is 4.74 Å². The molecular weight excluding hydrogens is 292 g/mol. The van der Waals surface area contributed by atoms with Crippen LogP contribution in [0.5, 0.6) is 0 Å². The first kappa shape index (κ1) is 17.5. The SMILES string of the molecule is CCC1CN(C(=O)c2cccc(C(=O)OC)c2)CCN1C(C)C. The van der Waals surface area contributed by atoms with Gasteiger partial charge in [0.2, 0.25) is 0 Å². The predicted octanol–water partition coefficient (Wildman–Crippen LogP) is 2.42. The second kappa shape index (κ2) is 7.59. The summed E-state index contributed by atoms with van der Waals surface area (Å²) in [7, 11) is 1.34. The zero-order valence-electron chi connectivity index (χ0n) is 14.4. The standard InChI is InChI=1S/C18H26N2O3/c1-5-16-12-19(9-10-20(16)13(2)3)17(21)14-7-6-8-15(11-14)18(22)23-4/h6-8,11,13,16H,5,9-10,12H2,1-4H3.